The Kier molecular flexibility index (Phi) is 3.17. The highest BCUT2D eigenvalue weighted by Gasteiger charge is 2.32. The SMILES string of the molecule is Nc1nc(N2CC(CCl)CC2=O)nc2cccc(F)c12. The second-order valence-electron chi connectivity index (χ2n) is 4.77. The standard InChI is InChI=1S/C13H12ClFN4O/c14-5-7-4-10(20)19(6-7)13-17-9-3-1-2-8(15)11(9)12(16)18-13/h1-3,7H,4-6H2,(H2,16,17,18). The Morgan fingerprint density at radius 2 is 2.25 bits per heavy atom. The molecule has 1 fully saturated rings. The number of carbonyl (C=O) groups excluding carboxylic acids is 1. The Bertz CT molecular complexity index is 693. The number of nitrogen functional groups attached to an aromatic ring is 1. The number of benzene rings is 1. The van der Waals surface area contributed by atoms with E-state index in [1.165, 1.54) is 11.0 Å². The van der Waals surface area contributed by atoms with Gasteiger partial charge >= 0.3 is 0 Å². The van der Waals surface area contributed by atoms with Gasteiger partial charge in [0.2, 0.25) is 11.9 Å². The molecule has 0 saturated carbocycles. The topological polar surface area (TPSA) is 72.1 Å². The van der Waals surface area contributed by atoms with Crippen molar-refractivity contribution in [3.8, 4) is 0 Å². The largest absolute Gasteiger partial charge is 0.383 e. The molecule has 3 rings (SSSR count). The second-order valence-corrected chi connectivity index (χ2v) is 5.08. The van der Waals surface area contributed by atoms with Gasteiger partial charge in [-0.25, -0.2) is 9.37 Å². The molecule has 1 amide bonds. The van der Waals surface area contributed by atoms with Gasteiger partial charge in [0.05, 0.1) is 10.9 Å². The number of fused-ring (bicyclic) bond motifs is 1. The van der Waals surface area contributed by atoms with Gasteiger partial charge in [0.15, 0.2) is 0 Å². The predicted molar refractivity (Wildman–Crippen MR) is 75.1 cm³/mol. The van der Waals surface area contributed by atoms with Gasteiger partial charge in [0.1, 0.15) is 11.6 Å². The Morgan fingerprint density at radius 1 is 1.45 bits per heavy atom. The average Bonchev–Trinajstić information content (AvgIpc) is 2.79. The number of rotatable bonds is 2. The van der Waals surface area contributed by atoms with E-state index in [0.717, 1.165) is 0 Å². The molecular weight excluding hydrogens is 283 g/mol. The maximum atomic E-state index is 13.7. The molecule has 0 spiro atoms. The summed E-state index contributed by atoms with van der Waals surface area (Å²) in [5.74, 6) is 0.157. The van der Waals surface area contributed by atoms with Gasteiger partial charge in [0.25, 0.3) is 0 Å². The van der Waals surface area contributed by atoms with Crippen LogP contribution in [0.5, 0.6) is 0 Å². The first-order valence-electron chi connectivity index (χ1n) is 6.18. The van der Waals surface area contributed by atoms with Gasteiger partial charge < -0.3 is 5.73 Å². The lowest BCUT2D eigenvalue weighted by atomic mass is 10.2. The monoisotopic (exact) mass is 294 g/mol. The molecule has 1 unspecified atom stereocenters. The zero-order valence-electron chi connectivity index (χ0n) is 10.5. The lowest BCUT2D eigenvalue weighted by Crippen LogP contribution is -2.27. The summed E-state index contributed by atoms with van der Waals surface area (Å²) >= 11 is 5.78. The van der Waals surface area contributed by atoms with Crippen molar-refractivity contribution in [2.75, 3.05) is 23.1 Å². The number of nitrogens with two attached hydrogens (primary N) is 1. The molecule has 20 heavy (non-hydrogen) atoms. The van der Waals surface area contributed by atoms with E-state index < -0.39 is 5.82 Å². The molecule has 2 heterocycles. The van der Waals surface area contributed by atoms with Crippen LogP contribution < -0.4 is 10.6 Å². The lowest BCUT2D eigenvalue weighted by molar-refractivity contribution is -0.117. The van der Waals surface area contributed by atoms with E-state index >= 15 is 0 Å². The van der Waals surface area contributed by atoms with Crippen molar-refractivity contribution < 1.29 is 9.18 Å². The molecule has 1 atom stereocenters. The molecule has 1 aromatic heterocycles. The minimum absolute atomic E-state index is 0.0326. The summed E-state index contributed by atoms with van der Waals surface area (Å²) in [4.78, 5) is 21.7. The number of hydrogen-bond donors (Lipinski definition) is 1. The van der Waals surface area contributed by atoms with Crippen molar-refractivity contribution in [1.82, 2.24) is 9.97 Å². The molecule has 0 bridgehead atoms. The predicted octanol–water partition coefficient (Wildman–Crippen LogP) is 1.94. The van der Waals surface area contributed by atoms with Crippen LogP contribution in [0.2, 0.25) is 0 Å². The van der Waals surface area contributed by atoms with E-state index in [1.807, 2.05) is 0 Å². The van der Waals surface area contributed by atoms with Crippen molar-refractivity contribution in [1.29, 1.82) is 0 Å². The normalized spacial score (nSPS) is 19.0. The molecule has 5 nitrogen and oxygen atoms in total. The first-order chi connectivity index (χ1) is 9.60. The van der Waals surface area contributed by atoms with Crippen molar-refractivity contribution in [3.63, 3.8) is 0 Å². The first kappa shape index (κ1) is 13.1. The number of anilines is 2. The van der Waals surface area contributed by atoms with Crippen LogP contribution in [0.1, 0.15) is 6.42 Å². The molecule has 1 aromatic carbocycles. The Hall–Kier alpha value is -1.95. The van der Waals surface area contributed by atoms with E-state index in [0.29, 0.717) is 24.4 Å². The van der Waals surface area contributed by atoms with Crippen LogP contribution >= 0.6 is 11.6 Å². The van der Waals surface area contributed by atoms with E-state index in [1.54, 1.807) is 12.1 Å². The van der Waals surface area contributed by atoms with E-state index in [2.05, 4.69) is 9.97 Å². The molecule has 1 aliphatic heterocycles. The molecule has 2 aromatic rings. The molecular formula is C13H12ClFN4O. The van der Waals surface area contributed by atoms with Crippen LogP contribution in [0.15, 0.2) is 18.2 Å². The number of carbonyl (C=O) groups is 1. The van der Waals surface area contributed by atoms with E-state index in [-0.39, 0.29) is 29.0 Å². The molecule has 1 saturated heterocycles. The van der Waals surface area contributed by atoms with Gasteiger partial charge in [-0.05, 0) is 18.1 Å². The third-order valence-corrected chi connectivity index (χ3v) is 3.79. The number of hydrogen-bond acceptors (Lipinski definition) is 4. The van der Waals surface area contributed by atoms with Gasteiger partial charge in [-0.15, -0.1) is 11.6 Å². The van der Waals surface area contributed by atoms with Crippen molar-refractivity contribution >= 4 is 40.2 Å². The zero-order valence-corrected chi connectivity index (χ0v) is 11.3. The molecule has 1 aliphatic rings. The van der Waals surface area contributed by atoms with Crippen LogP contribution in [-0.2, 0) is 4.79 Å². The van der Waals surface area contributed by atoms with Crippen LogP contribution in [-0.4, -0.2) is 28.3 Å². The molecule has 104 valence electrons. The lowest BCUT2D eigenvalue weighted by Gasteiger charge is -2.15. The first-order valence-corrected chi connectivity index (χ1v) is 6.71. The highest BCUT2D eigenvalue weighted by Crippen LogP contribution is 2.27. The fourth-order valence-electron chi connectivity index (χ4n) is 2.35. The fraction of sp³-hybridized carbons (Fsp3) is 0.308. The highest BCUT2D eigenvalue weighted by atomic mass is 35.5. The van der Waals surface area contributed by atoms with Crippen LogP contribution in [0, 0.1) is 11.7 Å². The highest BCUT2D eigenvalue weighted by molar-refractivity contribution is 6.18. The Balaban J connectivity index is 2.08. The minimum atomic E-state index is -0.474. The van der Waals surface area contributed by atoms with Crippen molar-refractivity contribution in [3.05, 3.63) is 24.0 Å². The summed E-state index contributed by atoms with van der Waals surface area (Å²) in [5, 5.41) is 0.178. The van der Waals surface area contributed by atoms with Crippen LogP contribution in [0.25, 0.3) is 10.9 Å². The van der Waals surface area contributed by atoms with E-state index in [4.69, 9.17) is 17.3 Å². The van der Waals surface area contributed by atoms with Gasteiger partial charge in [-0.3, -0.25) is 9.69 Å². The zero-order chi connectivity index (χ0) is 14.3. The number of alkyl halides is 1. The average molecular weight is 295 g/mol. The summed E-state index contributed by atoms with van der Waals surface area (Å²) in [7, 11) is 0. The number of aromatic nitrogens is 2. The summed E-state index contributed by atoms with van der Waals surface area (Å²) in [6.45, 7) is 0.461. The summed E-state index contributed by atoms with van der Waals surface area (Å²) < 4.78 is 13.7. The van der Waals surface area contributed by atoms with Crippen molar-refractivity contribution in [2.45, 2.75) is 6.42 Å². The summed E-state index contributed by atoms with van der Waals surface area (Å²) in [5.41, 5.74) is 6.17. The molecule has 0 radical (unpaired) electrons. The maximum Gasteiger partial charge on any atom is 0.234 e. The quantitative estimate of drug-likeness (QED) is 0.859. The maximum absolute atomic E-state index is 13.7. The third-order valence-electron chi connectivity index (χ3n) is 3.35. The van der Waals surface area contributed by atoms with Gasteiger partial charge in [-0.1, -0.05) is 6.07 Å². The Labute approximate surface area is 119 Å². The molecule has 0 aliphatic carbocycles. The fourth-order valence-corrected chi connectivity index (χ4v) is 2.56. The van der Waals surface area contributed by atoms with Gasteiger partial charge in [0, 0.05) is 18.8 Å². The second kappa shape index (κ2) is 4.86. The number of halogens is 2. The summed E-state index contributed by atoms with van der Waals surface area (Å²) in [6, 6.07) is 4.48. The third kappa shape index (κ3) is 2.06. The number of amides is 1. The Morgan fingerprint density at radius 3 is 2.95 bits per heavy atom. The van der Waals surface area contributed by atoms with Crippen LogP contribution in [0.4, 0.5) is 16.2 Å². The summed E-state index contributed by atoms with van der Waals surface area (Å²) in [6.07, 6.45) is 0.369. The molecule has 7 heteroatoms. The molecule has 2 N–H and O–H groups in total. The van der Waals surface area contributed by atoms with E-state index in [9.17, 15) is 9.18 Å². The van der Waals surface area contributed by atoms with Gasteiger partial charge in [-0.2, -0.15) is 4.98 Å². The minimum Gasteiger partial charge on any atom is -0.383 e. The van der Waals surface area contributed by atoms with Crippen molar-refractivity contribution in [2.24, 2.45) is 5.92 Å². The smallest absolute Gasteiger partial charge is 0.234 e. The van der Waals surface area contributed by atoms with Crippen LogP contribution in [0.3, 0.4) is 0 Å². The number of nitrogens with zero attached hydrogens (tertiary/aromatic N) is 3.